The van der Waals surface area contributed by atoms with Gasteiger partial charge in [-0.25, -0.2) is 0 Å². The standard InChI is InChI=1S/C16H14O3/c1-11(17)8-12-2-4-13(5-3-12)14-6-7-15-16(9-14)19-10-18-15/h2-7,9H,8,10H2,1H3. The molecule has 0 bridgehead atoms. The van der Waals surface area contributed by atoms with E-state index < -0.39 is 0 Å². The van der Waals surface area contributed by atoms with Crippen molar-refractivity contribution in [3.63, 3.8) is 0 Å². The number of carbonyl (C=O) groups excluding carboxylic acids is 1. The number of fused-ring (bicyclic) bond motifs is 1. The molecule has 2 aromatic carbocycles. The molecule has 0 radical (unpaired) electrons. The van der Waals surface area contributed by atoms with Crippen molar-refractivity contribution in [2.24, 2.45) is 0 Å². The first-order valence-corrected chi connectivity index (χ1v) is 6.21. The van der Waals surface area contributed by atoms with Gasteiger partial charge in [0, 0.05) is 6.42 Å². The van der Waals surface area contributed by atoms with Crippen molar-refractivity contribution in [2.75, 3.05) is 6.79 Å². The van der Waals surface area contributed by atoms with Crippen molar-refractivity contribution in [3.8, 4) is 22.6 Å². The first-order valence-electron chi connectivity index (χ1n) is 6.21. The van der Waals surface area contributed by atoms with E-state index in [4.69, 9.17) is 9.47 Å². The van der Waals surface area contributed by atoms with E-state index in [1.807, 2.05) is 42.5 Å². The summed E-state index contributed by atoms with van der Waals surface area (Å²) in [7, 11) is 0. The molecular weight excluding hydrogens is 240 g/mol. The van der Waals surface area contributed by atoms with Crippen molar-refractivity contribution in [2.45, 2.75) is 13.3 Å². The summed E-state index contributed by atoms with van der Waals surface area (Å²) in [5.74, 6) is 1.75. The Bertz CT molecular complexity index is 614. The Hall–Kier alpha value is -2.29. The van der Waals surface area contributed by atoms with Crippen molar-refractivity contribution in [1.29, 1.82) is 0 Å². The smallest absolute Gasteiger partial charge is 0.231 e. The molecule has 0 N–H and O–H groups in total. The van der Waals surface area contributed by atoms with E-state index in [9.17, 15) is 4.79 Å². The first-order chi connectivity index (χ1) is 9.22. The summed E-state index contributed by atoms with van der Waals surface area (Å²) in [6.45, 7) is 1.89. The molecule has 3 nitrogen and oxygen atoms in total. The van der Waals surface area contributed by atoms with Gasteiger partial charge in [-0.3, -0.25) is 4.79 Å². The van der Waals surface area contributed by atoms with E-state index >= 15 is 0 Å². The molecule has 0 aromatic heterocycles. The van der Waals surface area contributed by atoms with Crippen LogP contribution in [0.2, 0.25) is 0 Å². The average molecular weight is 254 g/mol. The highest BCUT2D eigenvalue weighted by Crippen LogP contribution is 2.35. The summed E-state index contributed by atoms with van der Waals surface area (Å²) in [5, 5.41) is 0. The summed E-state index contributed by atoms with van der Waals surface area (Å²) in [4.78, 5) is 11.1. The quantitative estimate of drug-likeness (QED) is 0.843. The Balaban J connectivity index is 1.88. The molecule has 2 aromatic rings. The van der Waals surface area contributed by atoms with Crippen LogP contribution in [0.25, 0.3) is 11.1 Å². The summed E-state index contributed by atoms with van der Waals surface area (Å²) < 4.78 is 10.7. The van der Waals surface area contributed by atoms with E-state index in [1.165, 1.54) is 0 Å². The zero-order chi connectivity index (χ0) is 13.2. The van der Waals surface area contributed by atoms with Crippen LogP contribution in [0, 0.1) is 0 Å². The largest absolute Gasteiger partial charge is 0.454 e. The summed E-state index contributed by atoms with van der Waals surface area (Å²) in [6.07, 6.45) is 0.488. The van der Waals surface area contributed by atoms with Crippen LogP contribution < -0.4 is 9.47 Å². The highest BCUT2D eigenvalue weighted by Gasteiger charge is 2.13. The molecule has 1 aliphatic heterocycles. The van der Waals surface area contributed by atoms with Crippen molar-refractivity contribution < 1.29 is 14.3 Å². The minimum atomic E-state index is 0.177. The van der Waals surface area contributed by atoms with Gasteiger partial charge < -0.3 is 9.47 Å². The fourth-order valence-electron chi connectivity index (χ4n) is 2.18. The zero-order valence-electron chi connectivity index (χ0n) is 10.7. The number of hydrogen-bond acceptors (Lipinski definition) is 3. The Kier molecular flexibility index (Phi) is 2.95. The van der Waals surface area contributed by atoms with Crippen LogP contribution in [0.15, 0.2) is 42.5 Å². The lowest BCUT2D eigenvalue weighted by atomic mass is 10.0. The number of benzene rings is 2. The fourth-order valence-corrected chi connectivity index (χ4v) is 2.18. The van der Waals surface area contributed by atoms with E-state index in [-0.39, 0.29) is 12.6 Å². The molecule has 0 unspecified atom stereocenters. The maximum atomic E-state index is 11.1. The molecule has 3 rings (SSSR count). The molecule has 3 heteroatoms. The predicted octanol–water partition coefficient (Wildman–Crippen LogP) is 3.21. The molecule has 0 fully saturated rings. The summed E-state index contributed by atoms with van der Waals surface area (Å²) >= 11 is 0. The van der Waals surface area contributed by atoms with Gasteiger partial charge >= 0.3 is 0 Å². The van der Waals surface area contributed by atoms with Crippen molar-refractivity contribution in [3.05, 3.63) is 48.0 Å². The zero-order valence-corrected chi connectivity index (χ0v) is 10.7. The minimum absolute atomic E-state index is 0.177. The maximum absolute atomic E-state index is 11.1. The molecule has 1 aliphatic rings. The normalized spacial score (nSPS) is 12.5. The summed E-state index contributed by atoms with van der Waals surface area (Å²) in [6, 6.07) is 13.9. The van der Waals surface area contributed by atoms with Gasteiger partial charge in [0.2, 0.25) is 6.79 Å². The molecule has 96 valence electrons. The number of ether oxygens (including phenoxy) is 2. The van der Waals surface area contributed by atoms with Crippen molar-refractivity contribution >= 4 is 5.78 Å². The number of carbonyl (C=O) groups is 1. The third kappa shape index (κ3) is 2.45. The number of hydrogen-bond donors (Lipinski definition) is 0. The first kappa shape index (κ1) is 11.8. The van der Waals surface area contributed by atoms with Gasteiger partial charge in [0.15, 0.2) is 11.5 Å². The third-order valence-corrected chi connectivity index (χ3v) is 3.11. The number of ketones is 1. The average Bonchev–Trinajstić information content (AvgIpc) is 2.86. The Morgan fingerprint density at radius 1 is 1.00 bits per heavy atom. The molecule has 0 aliphatic carbocycles. The van der Waals surface area contributed by atoms with Crippen molar-refractivity contribution in [1.82, 2.24) is 0 Å². The van der Waals surface area contributed by atoms with Gasteiger partial charge in [-0.1, -0.05) is 30.3 Å². The van der Waals surface area contributed by atoms with Gasteiger partial charge in [0.05, 0.1) is 0 Å². The van der Waals surface area contributed by atoms with Crippen LogP contribution in [-0.2, 0) is 11.2 Å². The second kappa shape index (κ2) is 4.76. The van der Waals surface area contributed by atoms with Crippen LogP contribution >= 0.6 is 0 Å². The Labute approximate surface area is 111 Å². The molecule has 19 heavy (non-hydrogen) atoms. The molecule has 0 saturated heterocycles. The lowest BCUT2D eigenvalue weighted by Crippen LogP contribution is -1.95. The van der Waals surface area contributed by atoms with Gasteiger partial charge in [-0.2, -0.15) is 0 Å². The predicted molar refractivity (Wildman–Crippen MR) is 72.4 cm³/mol. The minimum Gasteiger partial charge on any atom is -0.454 e. The molecule has 0 spiro atoms. The molecular formula is C16H14O3. The van der Waals surface area contributed by atoms with Gasteiger partial charge in [0.25, 0.3) is 0 Å². The fraction of sp³-hybridized carbons (Fsp3) is 0.188. The van der Waals surface area contributed by atoms with Crippen LogP contribution in [-0.4, -0.2) is 12.6 Å². The highest BCUT2D eigenvalue weighted by molar-refractivity contribution is 5.78. The van der Waals surface area contributed by atoms with E-state index in [2.05, 4.69) is 0 Å². The lowest BCUT2D eigenvalue weighted by Gasteiger charge is -2.05. The second-order valence-electron chi connectivity index (χ2n) is 4.64. The molecule has 0 atom stereocenters. The monoisotopic (exact) mass is 254 g/mol. The van der Waals surface area contributed by atoms with Crippen LogP contribution in [0.5, 0.6) is 11.5 Å². The van der Waals surface area contributed by atoms with Gasteiger partial charge in [-0.05, 0) is 35.7 Å². The van der Waals surface area contributed by atoms with Gasteiger partial charge in [0.1, 0.15) is 5.78 Å². The van der Waals surface area contributed by atoms with Crippen LogP contribution in [0.4, 0.5) is 0 Å². The maximum Gasteiger partial charge on any atom is 0.231 e. The molecule has 0 amide bonds. The van der Waals surface area contributed by atoms with Gasteiger partial charge in [-0.15, -0.1) is 0 Å². The Morgan fingerprint density at radius 2 is 1.68 bits per heavy atom. The third-order valence-electron chi connectivity index (χ3n) is 3.11. The second-order valence-corrected chi connectivity index (χ2v) is 4.64. The number of rotatable bonds is 3. The lowest BCUT2D eigenvalue weighted by molar-refractivity contribution is -0.116. The topological polar surface area (TPSA) is 35.5 Å². The Morgan fingerprint density at radius 3 is 2.42 bits per heavy atom. The van der Waals surface area contributed by atoms with E-state index in [1.54, 1.807) is 6.92 Å². The van der Waals surface area contributed by atoms with Crippen LogP contribution in [0.1, 0.15) is 12.5 Å². The van der Waals surface area contributed by atoms with Crippen LogP contribution in [0.3, 0.4) is 0 Å². The molecule has 0 saturated carbocycles. The highest BCUT2D eigenvalue weighted by atomic mass is 16.7. The SMILES string of the molecule is CC(=O)Cc1ccc(-c2ccc3c(c2)OCO3)cc1. The molecule has 1 heterocycles. The number of Topliss-reactive ketones (excluding diaryl/α,β-unsaturated/α-hetero) is 1. The summed E-state index contributed by atoms with van der Waals surface area (Å²) in [5.41, 5.74) is 3.22. The van der Waals surface area contributed by atoms with E-state index in [0.717, 1.165) is 28.2 Å². The van der Waals surface area contributed by atoms with E-state index in [0.29, 0.717) is 6.42 Å².